The molecule has 5 aliphatic heterocycles. The second kappa shape index (κ2) is 37.0. The second-order valence-corrected chi connectivity index (χ2v) is 30.7. The van der Waals surface area contributed by atoms with Crippen molar-refractivity contribution in [3.8, 4) is 23.0 Å². The summed E-state index contributed by atoms with van der Waals surface area (Å²) in [5.41, 5.74) is 20.0. The van der Waals surface area contributed by atoms with Crippen LogP contribution < -0.4 is 55.8 Å². The summed E-state index contributed by atoms with van der Waals surface area (Å²) in [5, 5.41) is 45.0. The van der Waals surface area contributed by atoms with Crippen LogP contribution >= 0.6 is 38.5 Å². The highest BCUT2D eigenvalue weighted by atomic mass is 127. The zero-order chi connectivity index (χ0) is 77.5. The van der Waals surface area contributed by atoms with Crippen LogP contribution in [0.15, 0.2) is 225 Å². The summed E-state index contributed by atoms with van der Waals surface area (Å²) in [7, 11) is 0. The minimum absolute atomic E-state index is 0.0166. The Morgan fingerprint density at radius 3 is 1.58 bits per heavy atom. The average Bonchev–Trinajstić information content (AvgIpc) is 0.757. The number of azo groups is 1. The van der Waals surface area contributed by atoms with Crippen LogP contribution in [-0.2, 0) is 32.1 Å². The van der Waals surface area contributed by atoms with Crippen LogP contribution in [0.2, 0.25) is 0 Å². The van der Waals surface area contributed by atoms with Crippen molar-refractivity contribution in [1.29, 1.82) is 0 Å². The van der Waals surface area contributed by atoms with Crippen LogP contribution in [0.3, 0.4) is 0 Å². The van der Waals surface area contributed by atoms with Crippen molar-refractivity contribution in [2.45, 2.75) is 106 Å². The summed E-state index contributed by atoms with van der Waals surface area (Å²) in [6.45, 7) is 24.2. The number of nitro benzene ring substituents is 1. The number of nitrogens with one attached hydrogen (secondary N) is 5. The topological polar surface area (TPSA) is 182 Å². The number of aryl methyl sites for hydroxylation is 5. The van der Waals surface area contributed by atoms with Gasteiger partial charge in [0.05, 0.1) is 10.6 Å². The summed E-state index contributed by atoms with van der Waals surface area (Å²) in [5.74, 6) is 3.13. The number of fused-ring (bicyclic) bond motifs is 11. The van der Waals surface area contributed by atoms with Crippen LogP contribution in [-0.4, -0.2) is 81.9 Å². The van der Waals surface area contributed by atoms with Crippen LogP contribution in [0, 0.1) is 13.7 Å². The van der Waals surface area contributed by atoms with Gasteiger partial charge in [-0.2, -0.15) is 5.11 Å². The number of anilines is 7. The van der Waals surface area contributed by atoms with E-state index < -0.39 is 4.92 Å². The molecule has 18 rings (SSSR count). The number of rotatable bonds is 15. The number of hydrogen-bond donors (Lipinski definition) is 5. The Morgan fingerprint density at radius 2 is 0.991 bits per heavy atom. The number of nitrogens with zero attached hydrogens (tertiary/aromatic N) is 7. The van der Waals surface area contributed by atoms with Crippen molar-refractivity contribution >= 4 is 150 Å². The minimum atomic E-state index is -0.432. The normalized spacial score (nSPS) is 13.6. The van der Waals surface area contributed by atoms with Gasteiger partial charge >= 0.3 is 0 Å². The molecule has 1 aromatic heterocycles. The number of benzene rings is 12. The highest BCUT2D eigenvalue weighted by Crippen LogP contribution is 2.43. The molecule has 0 saturated carbocycles. The maximum absolute atomic E-state index is 10.9. The highest BCUT2D eigenvalue weighted by molar-refractivity contribution is 14.1. The summed E-state index contributed by atoms with van der Waals surface area (Å²) >= 11 is 5.80. The number of halogens is 2. The molecule has 0 atom stereocenters. The molecule has 17 nitrogen and oxygen atoms in total. The van der Waals surface area contributed by atoms with Crippen molar-refractivity contribution in [2.24, 2.45) is 10.2 Å². The van der Waals surface area contributed by atoms with Gasteiger partial charge in [0.1, 0.15) is 47.1 Å². The molecule has 0 fully saturated rings. The molecule has 19 heteroatoms. The van der Waals surface area contributed by atoms with E-state index in [0.29, 0.717) is 17.1 Å². The molecule has 112 heavy (non-hydrogen) atoms. The molecule has 574 valence electrons. The second-order valence-electron chi connectivity index (χ2n) is 28.6. The van der Waals surface area contributed by atoms with E-state index in [1.807, 2.05) is 30.3 Å². The molecule has 0 radical (unpaired) electrons. The van der Waals surface area contributed by atoms with Gasteiger partial charge < -0.3 is 50.3 Å². The van der Waals surface area contributed by atoms with Gasteiger partial charge in [-0.25, -0.2) is 9.56 Å². The van der Waals surface area contributed by atoms with Gasteiger partial charge in [0, 0.05) is 165 Å². The van der Waals surface area contributed by atoms with Crippen molar-refractivity contribution < 1.29 is 18.8 Å². The summed E-state index contributed by atoms with van der Waals surface area (Å²) < 4.78 is 23.9. The van der Waals surface area contributed by atoms with Gasteiger partial charge in [-0.15, -0.1) is 5.11 Å². The lowest BCUT2D eigenvalue weighted by Gasteiger charge is -2.22. The van der Waals surface area contributed by atoms with Crippen LogP contribution in [0.5, 0.6) is 23.0 Å². The SMILES string of the molecule is Brc1ccc2c(c1)NCCC2.CCN(CC)c1ccc2c(Oc3cc4c(cc3N=Nc3ccc([N+](=O)[O-])cc3)CCCN4)cccc2c1.CCN(CC)c1ccc2c(Oc3ccc4c(c3)NCCC4)cccc2c1.CC[N+](CC)=c1ccc2c(ccc3nc4cc5c(cc4oc32)NCCC5)c1.Ic1ccc2c(c1)NCCC2. The van der Waals surface area contributed by atoms with Crippen molar-refractivity contribution in [2.75, 3.05) is 108 Å². The predicted molar refractivity (Wildman–Crippen MR) is 478 cm³/mol. The van der Waals surface area contributed by atoms with E-state index in [0.717, 1.165) is 174 Å². The summed E-state index contributed by atoms with van der Waals surface area (Å²) in [4.78, 5) is 20.1. The zero-order valence-corrected chi connectivity index (χ0v) is 68.7. The van der Waals surface area contributed by atoms with Crippen LogP contribution in [0.1, 0.15) is 101 Å². The lowest BCUT2D eigenvalue weighted by Crippen LogP contribution is -2.29. The molecule has 6 heterocycles. The minimum Gasteiger partial charge on any atom is -0.457 e. The Kier molecular flexibility index (Phi) is 25.8. The van der Waals surface area contributed by atoms with Gasteiger partial charge in [0.2, 0.25) is 5.36 Å². The molecule has 12 aromatic carbocycles. The van der Waals surface area contributed by atoms with Gasteiger partial charge in [0.25, 0.3) is 5.69 Å². The standard InChI is InChI=1S/C29H29N5O3.C23H23N3O.C23H26N2O.C9H10BrN.C9H10IN/c1-3-33(4-2)24-14-15-25-20(17-24)7-5-9-28(25)37-29-19-26-21(8-6-16-30-26)18-27(29)32-31-22-10-12-23(13-11-22)34(35)36;1-3-26(4-2)17-8-9-18-15(12-17)7-10-19-23(18)27-22-14-20-16(6-5-11-24-20)13-21(22)25-19;1-3-25(4-2)19-11-13-21-18(15-19)7-5-9-23(21)26-20-12-10-17-8-6-14-24-22(17)16-20;2*10-8-4-3-7-2-1-5-11-9(7)6-8/h5,7,9-15,17-19,30H,3-4,6,8,16H2,1-2H3;7-10,12-14H,3-6,11H2,1-2H3;5,7,9-13,15-16,24H,3-4,6,8,14H2,1-2H3;2*3-4,6,11H,1-2,5H2/p+1. The molecule has 0 unspecified atom stereocenters. The number of ether oxygens (including phenoxy) is 2. The third-order valence-corrected chi connectivity index (χ3v) is 22.7. The quantitative estimate of drug-likeness (QED) is 0.0124. The van der Waals surface area contributed by atoms with E-state index in [-0.39, 0.29) is 5.69 Å². The Bertz CT molecular complexity index is 5580. The summed E-state index contributed by atoms with van der Waals surface area (Å²) in [6, 6.07) is 69.9. The highest BCUT2D eigenvalue weighted by Gasteiger charge is 2.20. The molecule has 0 amide bonds. The van der Waals surface area contributed by atoms with Crippen molar-refractivity contribution in [3.05, 3.63) is 258 Å². The van der Waals surface area contributed by atoms with E-state index >= 15 is 0 Å². The van der Waals surface area contributed by atoms with Crippen molar-refractivity contribution in [3.63, 3.8) is 0 Å². The van der Waals surface area contributed by atoms with Crippen LogP contribution in [0.25, 0.3) is 54.5 Å². The monoisotopic (exact) mass is 1670 g/mol. The first kappa shape index (κ1) is 77.9. The van der Waals surface area contributed by atoms with Gasteiger partial charge in [-0.1, -0.05) is 64.5 Å². The number of hydrogen-bond acceptors (Lipinski definition) is 15. The van der Waals surface area contributed by atoms with Gasteiger partial charge in [-0.05, 0) is 288 Å². The maximum Gasteiger partial charge on any atom is 0.269 e. The lowest BCUT2D eigenvalue weighted by molar-refractivity contribution is -0.384. The Morgan fingerprint density at radius 1 is 0.473 bits per heavy atom. The van der Waals surface area contributed by atoms with Gasteiger partial charge in [0.15, 0.2) is 16.9 Å². The lowest BCUT2D eigenvalue weighted by atomic mass is 10.0. The number of aromatic nitrogens is 1. The molecule has 5 aliphatic rings. The first-order valence-electron chi connectivity index (χ1n) is 39.8. The molecule has 5 N–H and O–H groups in total. The molecule has 0 bridgehead atoms. The average molecular weight is 1670 g/mol. The Balaban J connectivity index is 0.000000124. The van der Waals surface area contributed by atoms with Crippen LogP contribution in [0.4, 0.5) is 56.9 Å². The molecule has 0 spiro atoms. The fourth-order valence-corrected chi connectivity index (χ4v) is 16.2. The summed E-state index contributed by atoms with van der Waals surface area (Å²) in [6.07, 6.45) is 11.6. The van der Waals surface area contributed by atoms with Gasteiger partial charge in [-0.3, -0.25) is 10.1 Å². The first-order valence-corrected chi connectivity index (χ1v) is 41.7. The smallest absolute Gasteiger partial charge is 0.269 e. The molecule has 13 aromatic rings. The Labute approximate surface area is 678 Å². The number of nitro groups is 1. The fourth-order valence-electron chi connectivity index (χ4n) is 15.4. The van der Waals surface area contributed by atoms with E-state index in [9.17, 15) is 10.1 Å². The first-order chi connectivity index (χ1) is 54.8. The molecular formula is C93H99BrIN12O5+. The Hall–Kier alpha value is -10.8. The zero-order valence-electron chi connectivity index (χ0n) is 64.9. The van der Waals surface area contributed by atoms with E-state index in [1.54, 1.807) is 12.1 Å². The van der Waals surface area contributed by atoms with Crippen molar-refractivity contribution in [1.82, 2.24) is 9.56 Å². The van der Waals surface area contributed by atoms with E-state index in [2.05, 4.69) is 283 Å². The third-order valence-electron chi connectivity index (χ3n) is 21.5. The molecular weight excluding hydrogens is 1570 g/mol. The molecule has 0 aliphatic carbocycles. The largest absolute Gasteiger partial charge is 0.457 e. The fraction of sp³-hybridized carbons (Fsp3) is 0.290. The van der Waals surface area contributed by atoms with E-state index in [4.69, 9.17) is 18.9 Å². The number of non-ortho nitro benzene ring substituents is 1. The maximum atomic E-state index is 10.9. The van der Waals surface area contributed by atoms with E-state index in [1.165, 1.54) is 127 Å². The third kappa shape index (κ3) is 18.7. The molecule has 0 saturated heterocycles. The predicted octanol–water partition coefficient (Wildman–Crippen LogP) is 23.8.